The Bertz CT molecular complexity index is 931. The summed E-state index contributed by atoms with van der Waals surface area (Å²) >= 11 is 0. The van der Waals surface area contributed by atoms with E-state index in [1.165, 1.54) is 14.2 Å². The first-order valence-electron chi connectivity index (χ1n) is 8.25. The molecule has 0 bridgehead atoms. The van der Waals surface area contributed by atoms with Gasteiger partial charge >= 0.3 is 5.97 Å². The fraction of sp³-hybridized carbons (Fsp3) is 0.316. The second kappa shape index (κ2) is 6.93. The summed E-state index contributed by atoms with van der Waals surface area (Å²) in [6.45, 7) is 4.11. The van der Waals surface area contributed by atoms with Gasteiger partial charge in [-0.05, 0) is 36.6 Å². The number of methoxy groups -OCH3 is 2. The van der Waals surface area contributed by atoms with Crippen LogP contribution in [0.3, 0.4) is 0 Å². The van der Waals surface area contributed by atoms with Crippen LogP contribution in [-0.4, -0.2) is 34.6 Å². The fourth-order valence-electron chi connectivity index (χ4n) is 2.82. The summed E-state index contributed by atoms with van der Waals surface area (Å²) in [5.74, 6) is -0.192. The first-order chi connectivity index (χ1) is 12.1. The number of nitrogens with zero attached hydrogens (tertiary/aromatic N) is 3. The number of pyridine rings is 2. The molecule has 3 aromatic rings. The van der Waals surface area contributed by atoms with Crippen LogP contribution in [-0.2, 0) is 17.6 Å². The topological polar surface area (TPSA) is 65.7 Å². The summed E-state index contributed by atoms with van der Waals surface area (Å²) in [5, 5.41) is 0. The molecule has 0 N–H and O–H groups in total. The van der Waals surface area contributed by atoms with E-state index < -0.39 is 5.97 Å². The minimum absolute atomic E-state index is 0.263. The summed E-state index contributed by atoms with van der Waals surface area (Å²) in [4.78, 5) is 21.1. The Balaban J connectivity index is 2.16. The molecule has 6 nitrogen and oxygen atoms in total. The van der Waals surface area contributed by atoms with Gasteiger partial charge in [0.2, 0.25) is 5.88 Å². The zero-order valence-electron chi connectivity index (χ0n) is 14.9. The third kappa shape index (κ3) is 3.07. The van der Waals surface area contributed by atoms with Gasteiger partial charge in [0.1, 0.15) is 11.2 Å². The molecule has 3 heterocycles. The van der Waals surface area contributed by atoms with E-state index in [0.29, 0.717) is 5.56 Å². The maximum Gasteiger partial charge on any atom is 0.343 e. The third-order valence-electron chi connectivity index (χ3n) is 4.18. The predicted octanol–water partition coefficient (Wildman–Crippen LogP) is 3.32. The molecule has 25 heavy (non-hydrogen) atoms. The van der Waals surface area contributed by atoms with Crippen molar-refractivity contribution in [1.29, 1.82) is 0 Å². The number of ether oxygens (including phenoxy) is 2. The molecule has 0 aromatic carbocycles. The minimum atomic E-state index is -0.455. The number of carbonyl (C=O) groups is 1. The van der Waals surface area contributed by atoms with Gasteiger partial charge in [-0.15, -0.1) is 0 Å². The van der Waals surface area contributed by atoms with Gasteiger partial charge in [0.05, 0.1) is 25.6 Å². The van der Waals surface area contributed by atoms with E-state index >= 15 is 0 Å². The van der Waals surface area contributed by atoms with E-state index in [1.54, 1.807) is 6.07 Å². The number of fused-ring (bicyclic) bond motifs is 1. The molecule has 130 valence electrons. The van der Waals surface area contributed by atoms with Crippen LogP contribution in [0.5, 0.6) is 5.88 Å². The molecule has 0 unspecified atom stereocenters. The van der Waals surface area contributed by atoms with Gasteiger partial charge in [0.25, 0.3) is 0 Å². The molecular weight excluding hydrogens is 318 g/mol. The average molecular weight is 339 g/mol. The van der Waals surface area contributed by atoms with Gasteiger partial charge in [-0.2, -0.15) is 0 Å². The molecule has 0 radical (unpaired) electrons. The lowest BCUT2D eigenvalue weighted by molar-refractivity contribution is 0.0596. The predicted molar refractivity (Wildman–Crippen MR) is 95.1 cm³/mol. The molecule has 3 rings (SSSR count). The highest BCUT2D eigenvalue weighted by Crippen LogP contribution is 2.29. The van der Waals surface area contributed by atoms with Gasteiger partial charge in [-0.1, -0.05) is 13.8 Å². The zero-order valence-corrected chi connectivity index (χ0v) is 14.9. The summed E-state index contributed by atoms with van der Waals surface area (Å²) in [7, 11) is 2.84. The van der Waals surface area contributed by atoms with Crippen LogP contribution in [0.25, 0.3) is 16.9 Å². The van der Waals surface area contributed by atoms with Gasteiger partial charge < -0.3 is 13.9 Å². The van der Waals surface area contributed by atoms with Crippen molar-refractivity contribution in [2.24, 2.45) is 0 Å². The molecule has 0 fully saturated rings. The van der Waals surface area contributed by atoms with Crippen LogP contribution in [0.1, 0.15) is 35.5 Å². The first kappa shape index (κ1) is 17.0. The number of hydrogen-bond acceptors (Lipinski definition) is 5. The van der Waals surface area contributed by atoms with Crippen LogP contribution >= 0.6 is 0 Å². The van der Waals surface area contributed by atoms with E-state index in [2.05, 4.69) is 16.9 Å². The van der Waals surface area contributed by atoms with Crippen molar-refractivity contribution in [3.05, 3.63) is 47.4 Å². The SMILES string of the molecule is CCc1cn2cc(-c3nc(OC)c(C(=O)OC)cc3CC)ccc2n1. The number of rotatable bonds is 5. The highest BCUT2D eigenvalue weighted by atomic mass is 16.5. The molecule has 3 aromatic heterocycles. The molecular formula is C19H21N3O3. The van der Waals surface area contributed by atoms with E-state index in [0.717, 1.165) is 41.0 Å². The number of esters is 1. The second-order valence-electron chi connectivity index (χ2n) is 5.67. The quantitative estimate of drug-likeness (QED) is 0.667. The number of imidazole rings is 1. The standard InChI is InChI=1S/C19H21N3O3/c1-5-12-9-15(19(23)25-4)18(24-3)21-17(12)13-7-8-16-20-14(6-2)11-22(16)10-13/h7-11H,5-6H2,1-4H3. The van der Waals surface area contributed by atoms with Gasteiger partial charge in [-0.3, -0.25) is 0 Å². The number of carbonyl (C=O) groups excluding carboxylic acids is 1. The Morgan fingerprint density at radius 2 is 1.92 bits per heavy atom. The summed E-state index contributed by atoms with van der Waals surface area (Å²) < 4.78 is 12.1. The lowest BCUT2D eigenvalue weighted by Crippen LogP contribution is -2.08. The summed E-state index contributed by atoms with van der Waals surface area (Å²) in [6.07, 6.45) is 5.64. The largest absolute Gasteiger partial charge is 0.480 e. The van der Waals surface area contributed by atoms with Crippen LogP contribution in [0.2, 0.25) is 0 Å². The van der Waals surface area contributed by atoms with Crippen molar-refractivity contribution >= 4 is 11.6 Å². The second-order valence-corrected chi connectivity index (χ2v) is 5.67. The summed E-state index contributed by atoms with van der Waals surface area (Å²) in [5.41, 5.74) is 4.97. The van der Waals surface area contributed by atoms with Crippen LogP contribution in [0.4, 0.5) is 0 Å². The molecule has 0 atom stereocenters. The maximum atomic E-state index is 12.0. The first-order valence-corrected chi connectivity index (χ1v) is 8.25. The van der Waals surface area contributed by atoms with Crippen molar-refractivity contribution in [2.45, 2.75) is 26.7 Å². The number of aromatic nitrogens is 3. The molecule has 0 aliphatic heterocycles. The molecule has 0 spiro atoms. The number of hydrogen-bond donors (Lipinski definition) is 0. The van der Waals surface area contributed by atoms with Gasteiger partial charge in [0.15, 0.2) is 0 Å². The van der Waals surface area contributed by atoms with Crippen LogP contribution < -0.4 is 4.74 Å². The molecule has 0 aliphatic carbocycles. The smallest absolute Gasteiger partial charge is 0.343 e. The van der Waals surface area contributed by atoms with Gasteiger partial charge in [-0.25, -0.2) is 14.8 Å². The van der Waals surface area contributed by atoms with Crippen molar-refractivity contribution in [2.75, 3.05) is 14.2 Å². The van der Waals surface area contributed by atoms with Crippen molar-refractivity contribution in [1.82, 2.24) is 14.4 Å². The average Bonchev–Trinajstić information content (AvgIpc) is 3.08. The Hall–Kier alpha value is -2.89. The van der Waals surface area contributed by atoms with Crippen molar-refractivity contribution < 1.29 is 14.3 Å². The third-order valence-corrected chi connectivity index (χ3v) is 4.18. The lowest BCUT2D eigenvalue weighted by Gasteiger charge is -2.13. The fourth-order valence-corrected chi connectivity index (χ4v) is 2.82. The maximum absolute atomic E-state index is 12.0. The van der Waals surface area contributed by atoms with Crippen LogP contribution in [0.15, 0.2) is 30.6 Å². The van der Waals surface area contributed by atoms with Gasteiger partial charge in [0, 0.05) is 18.0 Å². The molecule has 0 aliphatic rings. The van der Waals surface area contributed by atoms with E-state index in [-0.39, 0.29) is 5.88 Å². The Morgan fingerprint density at radius 1 is 1.12 bits per heavy atom. The molecule has 0 saturated carbocycles. The van der Waals surface area contributed by atoms with Crippen molar-refractivity contribution in [3.8, 4) is 17.1 Å². The molecule has 0 saturated heterocycles. The van der Waals surface area contributed by atoms with Crippen LogP contribution in [0, 0.1) is 0 Å². The normalized spacial score (nSPS) is 10.9. The van der Waals surface area contributed by atoms with E-state index in [9.17, 15) is 4.79 Å². The van der Waals surface area contributed by atoms with E-state index in [1.807, 2.05) is 35.9 Å². The van der Waals surface area contributed by atoms with E-state index in [4.69, 9.17) is 9.47 Å². The van der Waals surface area contributed by atoms with Crippen molar-refractivity contribution in [3.63, 3.8) is 0 Å². The minimum Gasteiger partial charge on any atom is -0.480 e. The molecule has 0 amide bonds. The Morgan fingerprint density at radius 3 is 2.56 bits per heavy atom. The summed E-state index contributed by atoms with van der Waals surface area (Å²) in [6, 6.07) is 5.75. The highest BCUT2D eigenvalue weighted by molar-refractivity contribution is 5.92. The molecule has 6 heteroatoms. The monoisotopic (exact) mass is 339 g/mol. The Labute approximate surface area is 146 Å². The number of aryl methyl sites for hydroxylation is 2. The highest BCUT2D eigenvalue weighted by Gasteiger charge is 2.19. The Kier molecular flexibility index (Phi) is 4.70. The zero-order chi connectivity index (χ0) is 18.0. The lowest BCUT2D eigenvalue weighted by atomic mass is 10.0.